The molecule has 4 nitrogen and oxygen atoms in total. The van der Waals surface area contributed by atoms with E-state index in [0.717, 1.165) is 0 Å². The predicted octanol–water partition coefficient (Wildman–Crippen LogP) is 1.36. The van der Waals surface area contributed by atoms with Gasteiger partial charge in [-0.05, 0) is 27.7 Å². The molecular weight excluding hydrogens is 196 g/mol. The molecule has 0 bridgehead atoms. The zero-order chi connectivity index (χ0) is 12.1. The number of hydrogen-bond donors (Lipinski definition) is 1. The van der Waals surface area contributed by atoms with Crippen LogP contribution in [0.1, 0.15) is 34.1 Å². The van der Waals surface area contributed by atoms with Gasteiger partial charge in [0.05, 0.1) is 24.2 Å². The van der Waals surface area contributed by atoms with Crippen LogP contribution in [0.5, 0.6) is 0 Å². The van der Waals surface area contributed by atoms with Gasteiger partial charge in [0.15, 0.2) is 0 Å². The molecule has 0 radical (unpaired) electrons. The Kier molecular flexibility index (Phi) is 5.83. The van der Waals surface area contributed by atoms with Crippen LogP contribution in [0, 0.1) is 5.41 Å². The number of hydrogen-bond acceptors (Lipinski definition) is 4. The highest BCUT2D eigenvalue weighted by Gasteiger charge is 2.37. The van der Waals surface area contributed by atoms with Crippen LogP contribution < -0.4 is 0 Å². The summed E-state index contributed by atoms with van der Waals surface area (Å²) in [6.45, 7) is 7.29. The van der Waals surface area contributed by atoms with E-state index in [-0.39, 0.29) is 12.1 Å². The minimum Gasteiger partial charge on any atom is -0.466 e. The third-order valence-corrected chi connectivity index (χ3v) is 2.59. The van der Waals surface area contributed by atoms with E-state index in [0.29, 0.717) is 13.0 Å². The number of methoxy groups -OCH3 is 1. The smallest absolute Gasteiger partial charge is 0.314 e. The molecule has 0 aliphatic heterocycles. The van der Waals surface area contributed by atoms with Crippen molar-refractivity contribution in [3.63, 3.8) is 0 Å². The molecule has 0 unspecified atom stereocenters. The SMILES string of the molecule is CCOC(=O)C(C)(C)[C@H](O)C[C@H](C)OC. The van der Waals surface area contributed by atoms with Gasteiger partial charge in [-0.15, -0.1) is 0 Å². The highest BCUT2D eigenvalue weighted by Crippen LogP contribution is 2.26. The fourth-order valence-electron chi connectivity index (χ4n) is 1.16. The van der Waals surface area contributed by atoms with Crippen molar-refractivity contribution in [1.29, 1.82) is 0 Å². The molecule has 2 atom stereocenters. The number of aliphatic hydroxyl groups excluding tert-OH is 1. The van der Waals surface area contributed by atoms with Crippen LogP contribution in [0.2, 0.25) is 0 Å². The first-order valence-corrected chi connectivity index (χ1v) is 5.24. The van der Waals surface area contributed by atoms with Crippen molar-refractivity contribution < 1.29 is 19.4 Å². The Morgan fingerprint density at radius 2 is 2.00 bits per heavy atom. The molecule has 0 aromatic heterocycles. The van der Waals surface area contributed by atoms with Gasteiger partial charge in [-0.1, -0.05) is 0 Å². The fraction of sp³-hybridized carbons (Fsp3) is 0.909. The average Bonchev–Trinajstić information content (AvgIpc) is 2.17. The zero-order valence-electron chi connectivity index (χ0n) is 10.2. The van der Waals surface area contributed by atoms with E-state index < -0.39 is 11.5 Å². The van der Waals surface area contributed by atoms with E-state index in [1.54, 1.807) is 27.9 Å². The number of rotatable bonds is 6. The van der Waals surface area contributed by atoms with Crippen molar-refractivity contribution in [1.82, 2.24) is 0 Å². The Hall–Kier alpha value is -0.610. The third kappa shape index (κ3) is 4.18. The summed E-state index contributed by atoms with van der Waals surface area (Å²) in [4.78, 5) is 11.6. The first-order chi connectivity index (χ1) is 6.86. The number of aliphatic hydroxyl groups is 1. The summed E-state index contributed by atoms with van der Waals surface area (Å²) in [5, 5.41) is 9.89. The van der Waals surface area contributed by atoms with Crippen LogP contribution in [0.15, 0.2) is 0 Å². The van der Waals surface area contributed by atoms with Gasteiger partial charge < -0.3 is 14.6 Å². The lowest BCUT2D eigenvalue weighted by Gasteiger charge is -2.29. The Morgan fingerprint density at radius 3 is 2.40 bits per heavy atom. The van der Waals surface area contributed by atoms with Crippen molar-refractivity contribution in [2.45, 2.75) is 46.3 Å². The standard InChI is InChI=1S/C11H22O4/c1-6-15-10(13)11(3,4)9(12)7-8(2)14-5/h8-9,12H,6-7H2,1-5H3/t8-,9+/m0/s1. The molecule has 4 heteroatoms. The van der Waals surface area contributed by atoms with Gasteiger partial charge in [-0.25, -0.2) is 0 Å². The Morgan fingerprint density at radius 1 is 1.47 bits per heavy atom. The first kappa shape index (κ1) is 14.4. The number of carbonyl (C=O) groups excluding carboxylic acids is 1. The van der Waals surface area contributed by atoms with Crippen molar-refractivity contribution in [3.8, 4) is 0 Å². The van der Waals surface area contributed by atoms with Crippen LogP contribution in [0.3, 0.4) is 0 Å². The van der Waals surface area contributed by atoms with Crippen LogP contribution in [0.25, 0.3) is 0 Å². The van der Waals surface area contributed by atoms with Crippen molar-refractivity contribution >= 4 is 5.97 Å². The van der Waals surface area contributed by atoms with Gasteiger partial charge in [-0.3, -0.25) is 4.79 Å². The van der Waals surface area contributed by atoms with E-state index in [1.807, 2.05) is 6.92 Å². The van der Waals surface area contributed by atoms with E-state index >= 15 is 0 Å². The molecule has 15 heavy (non-hydrogen) atoms. The monoisotopic (exact) mass is 218 g/mol. The van der Waals surface area contributed by atoms with Crippen LogP contribution >= 0.6 is 0 Å². The maximum Gasteiger partial charge on any atom is 0.314 e. The number of ether oxygens (including phenoxy) is 2. The predicted molar refractivity (Wildman–Crippen MR) is 57.5 cm³/mol. The summed E-state index contributed by atoms with van der Waals surface area (Å²) in [7, 11) is 1.58. The highest BCUT2D eigenvalue weighted by atomic mass is 16.5. The quantitative estimate of drug-likeness (QED) is 0.684. The molecule has 0 spiro atoms. The van der Waals surface area contributed by atoms with Crippen molar-refractivity contribution in [3.05, 3.63) is 0 Å². The second kappa shape index (κ2) is 6.08. The van der Waals surface area contributed by atoms with Gasteiger partial charge in [0.1, 0.15) is 0 Å². The lowest BCUT2D eigenvalue weighted by Crippen LogP contribution is -2.40. The van der Waals surface area contributed by atoms with Crippen LogP contribution in [0.4, 0.5) is 0 Å². The lowest BCUT2D eigenvalue weighted by atomic mass is 9.84. The Bertz CT molecular complexity index is 201. The maximum absolute atomic E-state index is 11.6. The van der Waals surface area contributed by atoms with Crippen LogP contribution in [-0.4, -0.2) is 37.0 Å². The van der Waals surface area contributed by atoms with E-state index in [4.69, 9.17) is 9.47 Å². The summed E-state index contributed by atoms with van der Waals surface area (Å²) in [5.74, 6) is -0.374. The van der Waals surface area contributed by atoms with Crippen molar-refractivity contribution in [2.75, 3.05) is 13.7 Å². The second-order valence-electron chi connectivity index (χ2n) is 4.24. The molecule has 1 N–H and O–H groups in total. The topological polar surface area (TPSA) is 55.8 Å². The molecule has 0 fully saturated rings. The largest absolute Gasteiger partial charge is 0.466 e. The van der Waals surface area contributed by atoms with E-state index in [1.165, 1.54) is 0 Å². The molecule has 90 valence electrons. The second-order valence-corrected chi connectivity index (χ2v) is 4.24. The average molecular weight is 218 g/mol. The van der Waals surface area contributed by atoms with Gasteiger partial charge >= 0.3 is 5.97 Å². The van der Waals surface area contributed by atoms with Gasteiger partial charge in [0.2, 0.25) is 0 Å². The third-order valence-electron chi connectivity index (χ3n) is 2.59. The minimum atomic E-state index is -0.886. The molecule has 0 aromatic carbocycles. The molecule has 0 amide bonds. The lowest BCUT2D eigenvalue weighted by molar-refractivity contribution is -0.161. The molecular formula is C11H22O4. The first-order valence-electron chi connectivity index (χ1n) is 5.24. The van der Waals surface area contributed by atoms with Gasteiger partial charge in [0.25, 0.3) is 0 Å². The Balaban J connectivity index is 4.36. The number of esters is 1. The molecule has 0 aliphatic rings. The molecule has 0 saturated heterocycles. The molecule has 0 saturated carbocycles. The summed E-state index contributed by atoms with van der Waals surface area (Å²) < 4.78 is 9.95. The molecule has 0 rings (SSSR count). The van der Waals surface area contributed by atoms with Gasteiger partial charge in [0, 0.05) is 13.5 Å². The summed E-state index contributed by atoms with van der Waals surface area (Å²) in [5.41, 5.74) is -0.886. The molecule has 0 aromatic rings. The molecule has 0 heterocycles. The zero-order valence-corrected chi connectivity index (χ0v) is 10.2. The maximum atomic E-state index is 11.6. The minimum absolute atomic E-state index is 0.0753. The Labute approximate surface area is 91.6 Å². The van der Waals surface area contributed by atoms with Crippen LogP contribution in [-0.2, 0) is 14.3 Å². The van der Waals surface area contributed by atoms with Gasteiger partial charge in [-0.2, -0.15) is 0 Å². The van der Waals surface area contributed by atoms with E-state index in [2.05, 4.69) is 0 Å². The fourth-order valence-corrected chi connectivity index (χ4v) is 1.16. The molecule has 0 aliphatic carbocycles. The normalized spacial score (nSPS) is 15.9. The summed E-state index contributed by atoms with van der Waals surface area (Å²) in [6.07, 6.45) is -0.414. The van der Waals surface area contributed by atoms with Crippen molar-refractivity contribution in [2.24, 2.45) is 5.41 Å². The number of carbonyl (C=O) groups is 1. The highest BCUT2D eigenvalue weighted by molar-refractivity contribution is 5.76. The summed E-state index contributed by atoms with van der Waals surface area (Å²) in [6, 6.07) is 0. The summed E-state index contributed by atoms with van der Waals surface area (Å²) >= 11 is 0. The van der Waals surface area contributed by atoms with E-state index in [9.17, 15) is 9.90 Å².